The molecular weight excluding hydrogens is 325 g/mol. The molecule has 1 aliphatic heterocycles. The molecule has 1 aromatic carbocycles. The second kappa shape index (κ2) is 8.98. The zero-order chi connectivity index (χ0) is 15.2. The number of halogens is 2. The average Bonchev–Trinajstić information content (AvgIpc) is 2.76. The molecule has 1 saturated heterocycles. The third-order valence-electron chi connectivity index (χ3n) is 3.48. The van der Waals surface area contributed by atoms with Gasteiger partial charge in [-0.15, -0.1) is 12.4 Å². The van der Waals surface area contributed by atoms with Crippen LogP contribution < -0.4 is 10.6 Å². The monoisotopic (exact) mass is 345 g/mol. The third kappa shape index (κ3) is 5.16. The van der Waals surface area contributed by atoms with Gasteiger partial charge in [0.1, 0.15) is 6.04 Å². The smallest absolute Gasteiger partial charge is 0.251 e. The average molecular weight is 346 g/mol. The molecule has 1 aliphatic rings. The van der Waals surface area contributed by atoms with Crippen LogP contribution in [0.2, 0.25) is 5.02 Å². The fourth-order valence-corrected chi connectivity index (χ4v) is 2.41. The van der Waals surface area contributed by atoms with Crippen molar-refractivity contribution in [3.63, 3.8) is 0 Å². The minimum atomic E-state index is -0.536. The van der Waals surface area contributed by atoms with Gasteiger partial charge in [0.15, 0.2) is 0 Å². The third-order valence-corrected chi connectivity index (χ3v) is 3.73. The number of amides is 2. The summed E-state index contributed by atoms with van der Waals surface area (Å²) in [4.78, 5) is 26.2. The molecule has 1 aromatic rings. The number of carbonyl (C=O) groups excluding carboxylic acids is 2. The summed E-state index contributed by atoms with van der Waals surface area (Å²) in [6.07, 6.45) is 0.934. The van der Waals surface area contributed by atoms with Crippen LogP contribution in [0.3, 0.4) is 0 Å². The first-order valence-corrected chi connectivity index (χ1v) is 7.51. The summed E-state index contributed by atoms with van der Waals surface area (Å²) < 4.78 is 0. The van der Waals surface area contributed by atoms with Crippen molar-refractivity contribution in [2.24, 2.45) is 0 Å². The Bertz CT molecular complexity index is 500. The van der Waals surface area contributed by atoms with E-state index in [1.807, 2.05) is 0 Å². The molecule has 22 heavy (non-hydrogen) atoms. The SMILES string of the molecule is CC(NC(=O)c1ccc(Cl)cc1)C(=O)N1CCCNCC1.Cl. The summed E-state index contributed by atoms with van der Waals surface area (Å²) in [5.74, 6) is -0.304. The molecule has 0 bridgehead atoms. The van der Waals surface area contributed by atoms with E-state index in [0.29, 0.717) is 17.1 Å². The minimum Gasteiger partial charge on any atom is -0.341 e. The van der Waals surface area contributed by atoms with E-state index in [1.54, 1.807) is 36.1 Å². The van der Waals surface area contributed by atoms with Gasteiger partial charge in [0.2, 0.25) is 5.91 Å². The molecule has 0 spiro atoms. The highest BCUT2D eigenvalue weighted by Crippen LogP contribution is 2.09. The molecule has 0 aromatic heterocycles. The maximum atomic E-state index is 12.3. The first kappa shape index (κ1) is 18.7. The highest BCUT2D eigenvalue weighted by Gasteiger charge is 2.22. The quantitative estimate of drug-likeness (QED) is 0.876. The van der Waals surface area contributed by atoms with Crippen molar-refractivity contribution >= 4 is 35.8 Å². The molecule has 1 unspecified atom stereocenters. The topological polar surface area (TPSA) is 61.4 Å². The van der Waals surface area contributed by atoms with Crippen LogP contribution in [0.1, 0.15) is 23.7 Å². The summed E-state index contributed by atoms with van der Waals surface area (Å²) in [7, 11) is 0. The molecule has 0 radical (unpaired) electrons. The lowest BCUT2D eigenvalue weighted by Gasteiger charge is -2.24. The van der Waals surface area contributed by atoms with E-state index in [0.717, 1.165) is 26.1 Å². The Balaban J connectivity index is 0.00000242. The fourth-order valence-electron chi connectivity index (χ4n) is 2.28. The second-order valence-corrected chi connectivity index (χ2v) is 5.57. The molecule has 5 nitrogen and oxygen atoms in total. The van der Waals surface area contributed by atoms with Crippen molar-refractivity contribution in [2.45, 2.75) is 19.4 Å². The van der Waals surface area contributed by atoms with Crippen LogP contribution in [-0.4, -0.2) is 48.9 Å². The van der Waals surface area contributed by atoms with Crippen molar-refractivity contribution in [3.8, 4) is 0 Å². The standard InChI is InChI=1S/C15H20ClN3O2.ClH/c1-11(15(21)19-9-2-7-17-8-10-19)18-14(20)12-3-5-13(16)6-4-12;/h3-6,11,17H,2,7-10H2,1H3,(H,18,20);1H. The highest BCUT2D eigenvalue weighted by atomic mass is 35.5. The van der Waals surface area contributed by atoms with E-state index < -0.39 is 6.04 Å². The van der Waals surface area contributed by atoms with Gasteiger partial charge >= 0.3 is 0 Å². The number of carbonyl (C=O) groups is 2. The summed E-state index contributed by atoms with van der Waals surface area (Å²) >= 11 is 5.79. The van der Waals surface area contributed by atoms with Gasteiger partial charge < -0.3 is 15.5 Å². The van der Waals surface area contributed by atoms with E-state index in [1.165, 1.54) is 0 Å². The van der Waals surface area contributed by atoms with Crippen molar-refractivity contribution in [1.29, 1.82) is 0 Å². The molecule has 0 saturated carbocycles. The van der Waals surface area contributed by atoms with Crippen LogP contribution in [0.15, 0.2) is 24.3 Å². The van der Waals surface area contributed by atoms with E-state index in [-0.39, 0.29) is 24.2 Å². The molecule has 2 N–H and O–H groups in total. The zero-order valence-electron chi connectivity index (χ0n) is 12.5. The zero-order valence-corrected chi connectivity index (χ0v) is 14.0. The molecule has 7 heteroatoms. The molecule has 0 aliphatic carbocycles. The van der Waals surface area contributed by atoms with Crippen LogP contribution in [0.4, 0.5) is 0 Å². The molecule has 2 rings (SSSR count). The molecule has 122 valence electrons. The van der Waals surface area contributed by atoms with Gasteiger partial charge in [-0.25, -0.2) is 0 Å². The Hall–Kier alpha value is -1.30. The van der Waals surface area contributed by atoms with Crippen LogP contribution in [-0.2, 0) is 4.79 Å². The molecule has 2 amide bonds. The number of rotatable bonds is 3. The first-order chi connectivity index (χ1) is 10.1. The largest absolute Gasteiger partial charge is 0.341 e. The van der Waals surface area contributed by atoms with Gasteiger partial charge in [-0.05, 0) is 44.2 Å². The molecular formula is C15H21Cl2N3O2. The van der Waals surface area contributed by atoms with Gasteiger partial charge in [-0.2, -0.15) is 0 Å². The lowest BCUT2D eigenvalue weighted by Crippen LogP contribution is -2.47. The van der Waals surface area contributed by atoms with Crippen LogP contribution >= 0.6 is 24.0 Å². The maximum Gasteiger partial charge on any atom is 0.251 e. The van der Waals surface area contributed by atoms with E-state index in [9.17, 15) is 9.59 Å². The summed E-state index contributed by atoms with van der Waals surface area (Å²) in [5.41, 5.74) is 0.497. The van der Waals surface area contributed by atoms with E-state index in [4.69, 9.17) is 11.6 Å². The van der Waals surface area contributed by atoms with Gasteiger partial charge in [0.05, 0.1) is 0 Å². The number of benzene rings is 1. The lowest BCUT2D eigenvalue weighted by atomic mass is 10.2. The predicted octanol–water partition coefficient (Wildman–Crippen LogP) is 1.70. The Morgan fingerprint density at radius 3 is 2.59 bits per heavy atom. The summed E-state index contributed by atoms with van der Waals surface area (Å²) in [5, 5.41) is 6.57. The maximum absolute atomic E-state index is 12.3. The molecule has 1 fully saturated rings. The second-order valence-electron chi connectivity index (χ2n) is 5.13. The van der Waals surface area contributed by atoms with Crippen molar-refractivity contribution in [3.05, 3.63) is 34.9 Å². The van der Waals surface area contributed by atoms with Gasteiger partial charge in [-0.1, -0.05) is 11.6 Å². The first-order valence-electron chi connectivity index (χ1n) is 7.14. The number of nitrogens with zero attached hydrogens (tertiary/aromatic N) is 1. The van der Waals surface area contributed by atoms with E-state index in [2.05, 4.69) is 10.6 Å². The number of hydrogen-bond acceptors (Lipinski definition) is 3. The van der Waals surface area contributed by atoms with Crippen LogP contribution in [0.25, 0.3) is 0 Å². The lowest BCUT2D eigenvalue weighted by molar-refractivity contribution is -0.132. The fraction of sp³-hybridized carbons (Fsp3) is 0.467. The van der Waals surface area contributed by atoms with Crippen LogP contribution in [0.5, 0.6) is 0 Å². The van der Waals surface area contributed by atoms with Crippen molar-refractivity contribution < 1.29 is 9.59 Å². The summed E-state index contributed by atoms with van der Waals surface area (Å²) in [6, 6.07) is 6.06. The van der Waals surface area contributed by atoms with Gasteiger partial charge in [0.25, 0.3) is 5.91 Å². The predicted molar refractivity (Wildman–Crippen MR) is 89.7 cm³/mol. The number of nitrogens with one attached hydrogen (secondary N) is 2. The Labute approximate surface area is 141 Å². The Morgan fingerprint density at radius 1 is 1.23 bits per heavy atom. The van der Waals surface area contributed by atoms with Gasteiger partial charge in [-0.3, -0.25) is 9.59 Å². The van der Waals surface area contributed by atoms with E-state index >= 15 is 0 Å². The Morgan fingerprint density at radius 2 is 1.91 bits per heavy atom. The summed E-state index contributed by atoms with van der Waals surface area (Å²) in [6.45, 7) is 4.85. The van der Waals surface area contributed by atoms with Gasteiger partial charge in [0, 0.05) is 30.2 Å². The molecule has 1 atom stereocenters. The van der Waals surface area contributed by atoms with Crippen LogP contribution in [0, 0.1) is 0 Å². The Kier molecular flexibility index (Phi) is 7.65. The minimum absolute atomic E-state index is 0. The highest BCUT2D eigenvalue weighted by molar-refractivity contribution is 6.30. The molecule has 1 heterocycles. The number of hydrogen-bond donors (Lipinski definition) is 2. The van der Waals surface area contributed by atoms with Crippen molar-refractivity contribution in [1.82, 2.24) is 15.5 Å². The normalized spacial score (nSPS) is 16.2. The van der Waals surface area contributed by atoms with Crippen molar-refractivity contribution in [2.75, 3.05) is 26.2 Å².